The molecular formula is C12H20BrClN2O2S. The summed E-state index contributed by atoms with van der Waals surface area (Å²) in [4.78, 5) is 0.278. The van der Waals surface area contributed by atoms with Gasteiger partial charge < -0.3 is 5.73 Å². The van der Waals surface area contributed by atoms with Crippen LogP contribution in [-0.4, -0.2) is 32.9 Å². The van der Waals surface area contributed by atoms with E-state index >= 15 is 0 Å². The molecule has 0 aromatic heterocycles. The van der Waals surface area contributed by atoms with Crippen LogP contribution in [-0.2, 0) is 10.0 Å². The second kappa shape index (κ2) is 7.04. The molecule has 0 spiro atoms. The van der Waals surface area contributed by atoms with E-state index < -0.39 is 10.0 Å². The van der Waals surface area contributed by atoms with Gasteiger partial charge in [-0.2, -0.15) is 0 Å². The summed E-state index contributed by atoms with van der Waals surface area (Å²) in [6.45, 7) is 4.70. The average Bonchev–Trinajstić information content (AvgIpc) is 2.28. The summed E-state index contributed by atoms with van der Waals surface area (Å²) in [5, 5.41) is 0. The van der Waals surface area contributed by atoms with Crippen molar-refractivity contribution in [3.8, 4) is 0 Å². The molecule has 7 heteroatoms. The van der Waals surface area contributed by atoms with Crippen molar-refractivity contribution in [2.24, 2.45) is 11.1 Å². The minimum absolute atomic E-state index is 0. The van der Waals surface area contributed by atoms with Crippen molar-refractivity contribution in [2.45, 2.75) is 18.7 Å². The third-order valence-electron chi connectivity index (χ3n) is 2.73. The predicted octanol–water partition coefficient (Wildman–Crippen LogP) is 2.48. The van der Waals surface area contributed by atoms with Gasteiger partial charge in [0, 0.05) is 18.1 Å². The fourth-order valence-corrected chi connectivity index (χ4v) is 3.89. The first kappa shape index (κ1) is 18.9. The van der Waals surface area contributed by atoms with E-state index in [2.05, 4.69) is 15.9 Å². The van der Waals surface area contributed by atoms with Crippen molar-refractivity contribution in [3.63, 3.8) is 0 Å². The summed E-state index contributed by atoms with van der Waals surface area (Å²) >= 11 is 3.27. The van der Waals surface area contributed by atoms with Crippen LogP contribution in [0.1, 0.15) is 13.8 Å². The minimum atomic E-state index is -3.48. The van der Waals surface area contributed by atoms with Gasteiger partial charge in [0.15, 0.2) is 0 Å². The standard InChI is InChI=1S/C12H19BrN2O2S.ClH/c1-12(2,8-14)9-15(3)18(16,17)11-7-5-4-6-10(11)13;/h4-7H,8-9,14H2,1-3H3;1H. The molecule has 2 N–H and O–H groups in total. The molecule has 0 bridgehead atoms. The Bertz CT molecular complexity index is 520. The predicted molar refractivity (Wildman–Crippen MR) is 84.0 cm³/mol. The lowest BCUT2D eigenvalue weighted by Crippen LogP contribution is -2.39. The Balaban J connectivity index is 0.00000324. The van der Waals surface area contributed by atoms with Gasteiger partial charge in [-0.1, -0.05) is 26.0 Å². The molecule has 0 saturated heterocycles. The van der Waals surface area contributed by atoms with Gasteiger partial charge in [0.05, 0.1) is 4.90 Å². The molecule has 4 nitrogen and oxygen atoms in total. The molecule has 0 aliphatic rings. The quantitative estimate of drug-likeness (QED) is 0.865. The highest BCUT2D eigenvalue weighted by molar-refractivity contribution is 9.10. The van der Waals surface area contributed by atoms with Crippen molar-refractivity contribution in [3.05, 3.63) is 28.7 Å². The van der Waals surface area contributed by atoms with Crippen LogP contribution in [0.2, 0.25) is 0 Å². The highest BCUT2D eigenvalue weighted by Gasteiger charge is 2.28. The molecule has 0 saturated carbocycles. The minimum Gasteiger partial charge on any atom is -0.330 e. The van der Waals surface area contributed by atoms with E-state index in [1.165, 1.54) is 4.31 Å². The largest absolute Gasteiger partial charge is 0.330 e. The third kappa shape index (κ3) is 4.72. The lowest BCUT2D eigenvalue weighted by Gasteiger charge is -2.28. The fourth-order valence-electron chi connectivity index (χ4n) is 1.57. The van der Waals surface area contributed by atoms with Crippen molar-refractivity contribution in [2.75, 3.05) is 20.1 Å². The maximum atomic E-state index is 12.4. The van der Waals surface area contributed by atoms with E-state index in [0.717, 1.165) is 0 Å². The van der Waals surface area contributed by atoms with Crippen molar-refractivity contribution in [1.82, 2.24) is 4.31 Å². The zero-order chi connectivity index (χ0) is 14.0. The molecule has 1 aromatic carbocycles. The number of hydrogen-bond donors (Lipinski definition) is 1. The van der Waals surface area contributed by atoms with Gasteiger partial charge >= 0.3 is 0 Å². The first-order valence-corrected chi connectivity index (χ1v) is 7.85. The molecule has 0 heterocycles. The zero-order valence-electron chi connectivity index (χ0n) is 11.3. The molecule has 0 radical (unpaired) electrons. The molecule has 0 amide bonds. The Labute approximate surface area is 130 Å². The lowest BCUT2D eigenvalue weighted by atomic mass is 9.94. The molecule has 0 fully saturated rings. The van der Waals surface area contributed by atoms with Crippen LogP contribution in [0.25, 0.3) is 0 Å². The zero-order valence-corrected chi connectivity index (χ0v) is 14.5. The van der Waals surface area contributed by atoms with Crippen LogP contribution < -0.4 is 5.73 Å². The Morgan fingerprint density at radius 3 is 2.32 bits per heavy atom. The Hall–Kier alpha value is -0.140. The highest BCUT2D eigenvalue weighted by atomic mass is 79.9. The van der Waals surface area contributed by atoms with Crippen LogP contribution in [0, 0.1) is 5.41 Å². The summed E-state index contributed by atoms with van der Waals surface area (Å²) in [5.74, 6) is 0. The van der Waals surface area contributed by atoms with Crippen molar-refractivity contribution in [1.29, 1.82) is 0 Å². The van der Waals surface area contributed by atoms with Crippen LogP contribution in [0.5, 0.6) is 0 Å². The third-order valence-corrected chi connectivity index (χ3v) is 5.54. The normalized spacial score (nSPS) is 12.3. The molecule has 110 valence electrons. The maximum Gasteiger partial charge on any atom is 0.243 e. The Kier molecular flexibility index (Phi) is 6.99. The van der Waals surface area contributed by atoms with E-state index in [-0.39, 0.29) is 22.7 Å². The highest BCUT2D eigenvalue weighted by Crippen LogP contribution is 2.26. The number of sulfonamides is 1. The molecule has 19 heavy (non-hydrogen) atoms. The van der Waals surface area contributed by atoms with Gasteiger partial charge in [0.25, 0.3) is 0 Å². The average molecular weight is 372 g/mol. The molecular weight excluding hydrogens is 352 g/mol. The number of rotatable bonds is 5. The van der Waals surface area contributed by atoms with Crippen LogP contribution in [0.3, 0.4) is 0 Å². The van der Waals surface area contributed by atoms with Crippen LogP contribution in [0.4, 0.5) is 0 Å². The number of nitrogens with zero attached hydrogens (tertiary/aromatic N) is 1. The topological polar surface area (TPSA) is 63.4 Å². The second-order valence-electron chi connectivity index (χ2n) is 5.06. The van der Waals surface area contributed by atoms with Gasteiger partial charge in [-0.25, -0.2) is 12.7 Å². The number of benzene rings is 1. The summed E-state index contributed by atoms with van der Waals surface area (Å²) in [6, 6.07) is 6.80. The van der Waals surface area contributed by atoms with Gasteiger partial charge in [-0.05, 0) is 40.0 Å². The van der Waals surface area contributed by atoms with Crippen molar-refractivity contribution < 1.29 is 8.42 Å². The molecule has 0 unspecified atom stereocenters. The van der Waals surface area contributed by atoms with E-state index in [4.69, 9.17) is 5.73 Å². The number of halogens is 2. The van der Waals surface area contributed by atoms with E-state index in [1.807, 2.05) is 13.8 Å². The van der Waals surface area contributed by atoms with Crippen LogP contribution in [0.15, 0.2) is 33.6 Å². The monoisotopic (exact) mass is 370 g/mol. The van der Waals surface area contributed by atoms with Crippen LogP contribution >= 0.6 is 28.3 Å². The van der Waals surface area contributed by atoms with Gasteiger partial charge in [-0.3, -0.25) is 0 Å². The molecule has 1 aromatic rings. The van der Waals surface area contributed by atoms with Gasteiger partial charge in [0.1, 0.15) is 0 Å². The second-order valence-corrected chi connectivity index (χ2v) is 7.93. The lowest BCUT2D eigenvalue weighted by molar-refractivity contribution is 0.292. The molecule has 0 atom stereocenters. The maximum absolute atomic E-state index is 12.4. The Morgan fingerprint density at radius 2 is 1.84 bits per heavy atom. The smallest absolute Gasteiger partial charge is 0.243 e. The fraction of sp³-hybridized carbons (Fsp3) is 0.500. The van der Waals surface area contributed by atoms with E-state index in [1.54, 1.807) is 31.3 Å². The first-order valence-electron chi connectivity index (χ1n) is 5.62. The SMILES string of the molecule is CN(CC(C)(C)CN)S(=O)(=O)c1ccccc1Br.Cl. The summed E-state index contributed by atoms with van der Waals surface area (Å²) in [5.41, 5.74) is 5.39. The summed E-state index contributed by atoms with van der Waals surface area (Å²) < 4.78 is 26.7. The van der Waals surface area contributed by atoms with E-state index in [0.29, 0.717) is 17.6 Å². The van der Waals surface area contributed by atoms with E-state index in [9.17, 15) is 8.42 Å². The molecule has 0 aliphatic carbocycles. The molecule has 0 aliphatic heterocycles. The number of nitrogens with two attached hydrogens (primary N) is 1. The Morgan fingerprint density at radius 1 is 1.32 bits per heavy atom. The molecule has 1 rings (SSSR count). The number of hydrogen-bond acceptors (Lipinski definition) is 3. The van der Waals surface area contributed by atoms with Crippen molar-refractivity contribution >= 4 is 38.4 Å². The summed E-state index contributed by atoms with van der Waals surface area (Å²) in [6.07, 6.45) is 0. The van der Waals surface area contributed by atoms with Gasteiger partial charge in [-0.15, -0.1) is 12.4 Å². The first-order chi connectivity index (χ1) is 8.20. The van der Waals surface area contributed by atoms with Gasteiger partial charge in [0.2, 0.25) is 10.0 Å². The summed E-state index contributed by atoms with van der Waals surface area (Å²) in [7, 11) is -1.91.